The number of hydrogen-bond acceptors (Lipinski definition) is 6. The number of nitriles is 1. The molecular weight excluding hydrogens is 306 g/mol. The molecular formula is C18H15N3O3. The van der Waals surface area contributed by atoms with E-state index in [-0.39, 0.29) is 6.61 Å². The highest BCUT2D eigenvalue weighted by Crippen LogP contribution is 2.20. The molecule has 0 atom stereocenters. The fraction of sp³-hybridized carbons (Fsp3) is 0.167. The Morgan fingerprint density at radius 2 is 1.67 bits per heavy atom. The van der Waals surface area contributed by atoms with Gasteiger partial charge in [-0.2, -0.15) is 10.2 Å². The van der Waals surface area contributed by atoms with Crippen LogP contribution in [0.3, 0.4) is 0 Å². The lowest BCUT2D eigenvalue weighted by Gasteiger charge is -2.08. The highest BCUT2D eigenvalue weighted by atomic mass is 16.5. The molecule has 0 saturated heterocycles. The molecule has 0 saturated carbocycles. The van der Waals surface area contributed by atoms with Gasteiger partial charge in [0, 0.05) is 5.56 Å². The third-order valence-corrected chi connectivity index (χ3v) is 3.29. The zero-order chi connectivity index (χ0) is 16.8. The molecule has 0 fully saturated rings. The molecule has 120 valence electrons. The van der Waals surface area contributed by atoms with Gasteiger partial charge in [-0.1, -0.05) is 23.4 Å². The second-order valence-corrected chi connectivity index (χ2v) is 5.05. The molecule has 1 heterocycles. The third-order valence-electron chi connectivity index (χ3n) is 3.29. The monoisotopic (exact) mass is 321 g/mol. The number of rotatable bonds is 6. The Labute approximate surface area is 139 Å². The summed E-state index contributed by atoms with van der Waals surface area (Å²) < 4.78 is 16.3. The summed E-state index contributed by atoms with van der Waals surface area (Å²) in [4.78, 5) is 4.07. The number of aryl methyl sites for hydroxylation is 1. The van der Waals surface area contributed by atoms with E-state index in [0.717, 1.165) is 5.56 Å². The van der Waals surface area contributed by atoms with Gasteiger partial charge in [0.05, 0.1) is 11.6 Å². The molecule has 0 aliphatic carbocycles. The van der Waals surface area contributed by atoms with Gasteiger partial charge in [0.1, 0.15) is 18.1 Å². The van der Waals surface area contributed by atoms with Crippen molar-refractivity contribution in [2.45, 2.75) is 20.1 Å². The van der Waals surface area contributed by atoms with Crippen LogP contribution in [-0.4, -0.2) is 10.1 Å². The van der Waals surface area contributed by atoms with Crippen molar-refractivity contribution in [1.29, 1.82) is 5.26 Å². The first-order chi connectivity index (χ1) is 11.7. The highest BCUT2D eigenvalue weighted by Gasteiger charge is 2.05. The number of ether oxygens (including phenoxy) is 2. The Morgan fingerprint density at radius 1 is 1.00 bits per heavy atom. The molecule has 3 aromatic rings. The van der Waals surface area contributed by atoms with Crippen LogP contribution in [-0.2, 0) is 13.2 Å². The van der Waals surface area contributed by atoms with Gasteiger partial charge in [-0.3, -0.25) is 0 Å². The molecule has 0 unspecified atom stereocenters. The second kappa shape index (κ2) is 7.29. The van der Waals surface area contributed by atoms with Crippen LogP contribution < -0.4 is 9.47 Å². The molecule has 0 aliphatic rings. The van der Waals surface area contributed by atoms with Crippen molar-refractivity contribution >= 4 is 0 Å². The van der Waals surface area contributed by atoms with E-state index in [2.05, 4.69) is 16.2 Å². The molecule has 6 nitrogen and oxygen atoms in total. The molecule has 6 heteroatoms. The molecule has 24 heavy (non-hydrogen) atoms. The Balaban J connectivity index is 1.55. The van der Waals surface area contributed by atoms with Crippen LogP contribution in [0, 0.1) is 18.3 Å². The first-order valence-electron chi connectivity index (χ1n) is 7.37. The van der Waals surface area contributed by atoms with Crippen molar-refractivity contribution in [2.75, 3.05) is 0 Å². The molecule has 0 spiro atoms. The molecule has 0 amide bonds. The van der Waals surface area contributed by atoms with Crippen LogP contribution in [0.5, 0.6) is 11.5 Å². The van der Waals surface area contributed by atoms with Crippen molar-refractivity contribution < 1.29 is 14.0 Å². The van der Waals surface area contributed by atoms with E-state index < -0.39 is 0 Å². The lowest BCUT2D eigenvalue weighted by Crippen LogP contribution is -1.99. The van der Waals surface area contributed by atoms with E-state index in [4.69, 9.17) is 19.3 Å². The van der Waals surface area contributed by atoms with E-state index in [1.54, 1.807) is 25.1 Å². The highest BCUT2D eigenvalue weighted by molar-refractivity contribution is 5.37. The van der Waals surface area contributed by atoms with Crippen LogP contribution in [0.1, 0.15) is 22.8 Å². The molecule has 0 radical (unpaired) electrons. The maximum absolute atomic E-state index is 9.07. The van der Waals surface area contributed by atoms with Crippen molar-refractivity contribution in [3.63, 3.8) is 0 Å². The van der Waals surface area contributed by atoms with Crippen molar-refractivity contribution in [1.82, 2.24) is 10.1 Å². The first-order valence-corrected chi connectivity index (χ1v) is 7.37. The van der Waals surface area contributed by atoms with Gasteiger partial charge in [0.25, 0.3) is 5.89 Å². The largest absolute Gasteiger partial charge is 0.489 e. The van der Waals surface area contributed by atoms with Gasteiger partial charge >= 0.3 is 0 Å². The minimum absolute atomic E-state index is 0.219. The smallest absolute Gasteiger partial charge is 0.264 e. The third kappa shape index (κ3) is 3.90. The Kier molecular flexibility index (Phi) is 4.73. The SMILES string of the molecule is Cc1noc(COc2ccc(OCc3ccccc3C#N)cc2)n1. The van der Waals surface area contributed by atoms with Gasteiger partial charge in [-0.05, 0) is 37.3 Å². The maximum Gasteiger partial charge on any atom is 0.264 e. The zero-order valence-corrected chi connectivity index (χ0v) is 13.1. The maximum atomic E-state index is 9.07. The minimum Gasteiger partial charge on any atom is -0.489 e. The fourth-order valence-corrected chi connectivity index (χ4v) is 2.09. The van der Waals surface area contributed by atoms with E-state index in [9.17, 15) is 0 Å². The van der Waals surface area contributed by atoms with E-state index in [1.807, 2.05) is 30.3 Å². The first kappa shape index (κ1) is 15.6. The van der Waals surface area contributed by atoms with Crippen molar-refractivity contribution in [2.24, 2.45) is 0 Å². The molecule has 0 bridgehead atoms. The summed E-state index contributed by atoms with van der Waals surface area (Å²) in [5, 5.41) is 12.8. The quantitative estimate of drug-likeness (QED) is 0.692. The summed E-state index contributed by atoms with van der Waals surface area (Å²) in [6.07, 6.45) is 0. The summed E-state index contributed by atoms with van der Waals surface area (Å²) >= 11 is 0. The molecule has 1 aromatic heterocycles. The lowest BCUT2D eigenvalue weighted by atomic mass is 10.1. The number of benzene rings is 2. The van der Waals surface area contributed by atoms with Crippen LogP contribution in [0.2, 0.25) is 0 Å². The average Bonchev–Trinajstić information content (AvgIpc) is 3.04. The van der Waals surface area contributed by atoms with Crippen LogP contribution in [0.25, 0.3) is 0 Å². The lowest BCUT2D eigenvalue weighted by molar-refractivity contribution is 0.242. The Bertz CT molecular complexity index is 850. The van der Waals surface area contributed by atoms with Gasteiger partial charge in [-0.25, -0.2) is 0 Å². The predicted octanol–water partition coefficient (Wildman–Crippen LogP) is 3.41. The number of hydrogen-bond donors (Lipinski definition) is 0. The molecule has 0 N–H and O–H groups in total. The summed E-state index contributed by atoms with van der Waals surface area (Å²) in [6.45, 7) is 2.31. The van der Waals surface area contributed by atoms with Gasteiger partial charge in [-0.15, -0.1) is 0 Å². The minimum atomic E-state index is 0.219. The fourth-order valence-electron chi connectivity index (χ4n) is 2.09. The summed E-state index contributed by atoms with van der Waals surface area (Å²) in [7, 11) is 0. The zero-order valence-electron chi connectivity index (χ0n) is 13.1. The predicted molar refractivity (Wildman–Crippen MR) is 85.3 cm³/mol. The van der Waals surface area contributed by atoms with E-state index in [0.29, 0.717) is 35.4 Å². The van der Waals surface area contributed by atoms with Crippen molar-refractivity contribution in [3.8, 4) is 17.6 Å². The van der Waals surface area contributed by atoms with Gasteiger partial charge < -0.3 is 14.0 Å². The molecule has 2 aromatic carbocycles. The standard InChI is InChI=1S/C18H15N3O3/c1-13-20-18(24-21-13)12-23-17-8-6-16(7-9-17)22-11-15-5-3-2-4-14(15)10-19/h2-9H,11-12H2,1H3. The topological polar surface area (TPSA) is 81.2 Å². The number of aromatic nitrogens is 2. The Morgan fingerprint density at radius 3 is 2.29 bits per heavy atom. The summed E-state index contributed by atoms with van der Waals surface area (Å²) in [5.41, 5.74) is 1.47. The Hall–Kier alpha value is -3.33. The normalized spacial score (nSPS) is 10.2. The van der Waals surface area contributed by atoms with Crippen molar-refractivity contribution in [3.05, 3.63) is 71.4 Å². The van der Waals surface area contributed by atoms with E-state index >= 15 is 0 Å². The van der Waals surface area contributed by atoms with E-state index in [1.165, 1.54) is 0 Å². The second-order valence-electron chi connectivity index (χ2n) is 5.05. The molecule has 3 rings (SSSR count). The number of nitrogens with zero attached hydrogens (tertiary/aromatic N) is 3. The summed E-state index contributed by atoms with van der Waals surface area (Å²) in [6, 6.07) is 16.7. The van der Waals surface area contributed by atoms with Crippen LogP contribution in [0.15, 0.2) is 53.1 Å². The summed E-state index contributed by atoms with van der Waals surface area (Å²) in [5.74, 6) is 2.38. The van der Waals surface area contributed by atoms with Crippen LogP contribution in [0.4, 0.5) is 0 Å². The average molecular weight is 321 g/mol. The van der Waals surface area contributed by atoms with Gasteiger partial charge in [0.2, 0.25) is 0 Å². The molecule has 0 aliphatic heterocycles. The van der Waals surface area contributed by atoms with Gasteiger partial charge in [0.15, 0.2) is 12.4 Å². The van der Waals surface area contributed by atoms with Crippen LogP contribution >= 0.6 is 0 Å².